The lowest BCUT2D eigenvalue weighted by Crippen LogP contribution is -2.53. The van der Waals surface area contributed by atoms with E-state index in [0.29, 0.717) is 18.3 Å². The fourth-order valence-corrected chi connectivity index (χ4v) is 4.82. The average Bonchev–Trinajstić information content (AvgIpc) is 2.74. The van der Waals surface area contributed by atoms with E-state index in [1.54, 1.807) is 0 Å². The molecule has 1 saturated carbocycles. The van der Waals surface area contributed by atoms with Crippen molar-refractivity contribution in [1.82, 2.24) is 10.6 Å². The Kier molecular flexibility index (Phi) is 6.58. The van der Waals surface area contributed by atoms with Gasteiger partial charge in [0.25, 0.3) is 0 Å². The number of carbonyl (C=O) groups excluding carboxylic acids is 2. The number of nitrogens with one attached hydrogen (secondary N) is 2. The quantitative estimate of drug-likeness (QED) is 0.739. The van der Waals surface area contributed by atoms with Crippen LogP contribution in [0.5, 0.6) is 0 Å². The van der Waals surface area contributed by atoms with Crippen molar-refractivity contribution in [1.29, 1.82) is 0 Å². The van der Waals surface area contributed by atoms with Crippen LogP contribution in [0.1, 0.15) is 72.1 Å². The molecule has 24 heavy (non-hydrogen) atoms. The van der Waals surface area contributed by atoms with Crippen LogP contribution in [0.2, 0.25) is 0 Å². The summed E-state index contributed by atoms with van der Waals surface area (Å²) in [4.78, 5) is 25.3. The minimum atomic E-state index is -0.377. The Morgan fingerprint density at radius 1 is 1.33 bits per heavy atom. The van der Waals surface area contributed by atoms with Crippen molar-refractivity contribution in [2.75, 3.05) is 12.4 Å². The van der Waals surface area contributed by atoms with Crippen molar-refractivity contribution < 1.29 is 9.59 Å². The van der Waals surface area contributed by atoms with Gasteiger partial charge >= 0.3 is 0 Å². The topological polar surface area (TPSA) is 58.2 Å². The summed E-state index contributed by atoms with van der Waals surface area (Å²) in [7, 11) is 0. The van der Waals surface area contributed by atoms with Crippen LogP contribution in [0.3, 0.4) is 0 Å². The smallest absolute Gasteiger partial charge is 0.242 e. The first kappa shape index (κ1) is 19.6. The van der Waals surface area contributed by atoms with E-state index < -0.39 is 0 Å². The van der Waals surface area contributed by atoms with Crippen LogP contribution >= 0.6 is 11.6 Å². The summed E-state index contributed by atoms with van der Waals surface area (Å²) in [5.41, 5.74) is -0.185. The van der Waals surface area contributed by atoms with Gasteiger partial charge in [0, 0.05) is 17.8 Å². The molecule has 0 radical (unpaired) electrons. The summed E-state index contributed by atoms with van der Waals surface area (Å²) in [5, 5.41) is 5.99. The van der Waals surface area contributed by atoms with Crippen LogP contribution in [0.4, 0.5) is 0 Å². The molecule has 0 spiro atoms. The molecule has 2 fully saturated rings. The van der Waals surface area contributed by atoms with E-state index in [0.717, 1.165) is 51.4 Å². The molecule has 2 N–H and O–H groups in total. The largest absolute Gasteiger partial charge is 0.354 e. The maximum atomic E-state index is 13.2. The number of amides is 2. The van der Waals surface area contributed by atoms with Crippen molar-refractivity contribution in [3.8, 4) is 0 Å². The van der Waals surface area contributed by atoms with Gasteiger partial charge in [-0.2, -0.15) is 0 Å². The summed E-state index contributed by atoms with van der Waals surface area (Å²) in [6.45, 7) is 7.36. The Morgan fingerprint density at radius 2 is 2.08 bits per heavy atom. The Hall–Kier alpha value is -0.770. The molecular weight excluding hydrogens is 324 g/mol. The van der Waals surface area contributed by atoms with Gasteiger partial charge in [-0.1, -0.05) is 27.2 Å². The van der Waals surface area contributed by atoms with E-state index >= 15 is 0 Å². The Morgan fingerprint density at radius 3 is 2.75 bits per heavy atom. The molecule has 3 atom stereocenters. The lowest BCUT2D eigenvalue weighted by Gasteiger charge is -2.48. The van der Waals surface area contributed by atoms with Gasteiger partial charge < -0.3 is 10.6 Å². The third-order valence-corrected chi connectivity index (χ3v) is 6.60. The Labute approximate surface area is 151 Å². The normalized spacial score (nSPS) is 33.4. The standard InChI is InChI=1S/C19H33ClN2O2/c1-4-8-19(10-9-18(2,3)14(12-19)13-20)17(24)22-15-7-5-6-11-21-16(15)23/h14-15H,4-13H2,1-3H3,(H,21,23)(H,22,24)/t14?,15-,19?/m0/s1. The van der Waals surface area contributed by atoms with Crippen LogP contribution < -0.4 is 10.6 Å². The fraction of sp³-hybridized carbons (Fsp3) is 0.895. The number of carbonyl (C=O) groups is 2. The van der Waals surface area contributed by atoms with Gasteiger partial charge in [-0.25, -0.2) is 0 Å². The molecule has 1 saturated heterocycles. The Balaban J connectivity index is 2.14. The molecule has 2 rings (SSSR count). The van der Waals surface area contributed by atoms with E-state index in [-0.39, 0.29) is 28.7 Å². The van der Waals surface area contributed by atoms with Gasteiger partial charge in [-0.15, -0.1) is 11.6 Å². The van der Waals surface area contributed by atoms with Gasteiger partial charge in [0.1, 0.15) is 6.04 Å². The van der Waals surface area contributed by atoms with Gasteiger partial charge in [0.05, 0.1) is 0 Å². The molecule has 1 heterocycles. The van der Waals surface area contributed by atoms with Crippen LogP contribution in [-0.2, 0) is 9.59 Å². The van der Waals surface area contributed by atoms with E-state index in [2.05, 4.69) is 31.4 Å². The number of alkyl halides is 1. The summed E-state index contributed by atoms with van der Waals surface area (Å²) in [5.74, 6) is 0.970. The zero-order valence-electron chi connectivity index (χ0n) is 15.4. The van der Waals surface area contributed by atoms with E-state index in [9.17, 15) is 9.59 Å². The fourth-order valence-electron chi connectivity index (χ4n) is 4.29. The highest BCUT2D eigenvalue weighted by atomic mass is 35.5. The van der Waals surface area contributed by atoms with Crippen molar-refractivity contribution in [2.45, 2.75) is 78.2 Å². The highest BCUT2D eigenvalue weighted by Crippen LogP contribution is 2.51. The van der Waals surface area contributed by atoms with Crippen LogP contribution in [0.25, 0.3) is 0 Å². The van der Waals surface area contributed by atoms with Gasteiger partial charge in [-0.3, -0.25) is 9.59 Å². The maximum Gasteiger partial charge on any atom is 0.242 e. The molecule has 5 heteroatoms. The van der Waals surface area contributed by atoms with E-state index in [1.165, 1.54) is 0 Å². The summed E-state index contributed by atoms with van der Waals surface area (Å²) < 4.78 is 0. The van der Waals surface area contributed by atoms with Crippen LogP contribution in [-0.4, -0.2) is 30.3 Å². The van der Waals surface area contributed by atoms with E-state index in [1.807, 2.05) is 0 Å². The van der Waals surface area contributed by atoms with Crippen LogP contribution in [0, 0.1) is 16.7 Å². The van der Waals surface area contributed by atoms with Crippen LogP contribution in [0.15, 0.2) is 0 Å². The van der Waals surface area contributed by atoms with Gasteiger partial charge in [0.15, 0.2) is 0 Å². The lowest BCUT2D eigenvalue weighted by molar-refractivity contribution is -0.140. The summed E-state index contributed by atoms with van der Waals surface area (Å²) in [6, 6.07) is -0.377. The third-order valence-electron chi connectivity index (χ3n) is 6.23. The monoisotopic (exact) mass is 356 g/mol. The number of hydrogen-bond acceptors (Lipinski definition) is 2. The molecule has 4 nitrogen and oxygen atoms in total. The first-order chi connectivity index (χ1) is 11.3. The zero-order chi connectivity index (χ0) is 17.8. The van der Waals surface area contributed by atoms with Crippen molar-refractivity contribution in [2.24, 2.45) is 16.7 Å². The van der Waals surface area contributed by atoms with Crippen molar-refractivity contribution >= 4 is 23.4 Å². The van der Waals surface area contributed by atoms with Gasteiger partial charge in [0.2, 0.25) is 11.8 Å². The molecule has 2 unspecified atom stereocenters. The lowest BCUT2D eigenvalue weighted by atomic mass is 9.58. The average molecular weight is 357 g/mol. The third kappa shape index (κ3) is 4.25. The SMILES string of the molecule is CCCC1(C(=O)N[C@H]2CCCCNC2=O)CCC(C)(C)C(CCl)C1. The van der Waals surface area contributed by atoms with Crippen molar-refractivity contribution in [3.63, 3.8) is 0 Å². The highest BCUT2D eigenvalue weighted by molar-refractivity contribution is 6.18. The maximum absolute atomic E-state index is 13.2. The molecule has 2 amide bonds. The molecule has 0 aromatic carbocycles. The second kappa shape index (κ2) is 8.07. The predicted octanol–water partition coefficient (Wildman–Crippen LogP) is 3.62. The minimum absolute atomic E-state index is 0.0301. The second-order valence-electron chi connectivity index (χ2n) is 8.39. The zero-order valence-corrected chi connectivity index (χ0v) is 16.2. The molecule has 1 aliphatic carbocycles. The Bertz CT molecular complexity index is 466. The van der Waals surface area contributed by atoms with Crippen molar-refractivity contribution in [3.05, 3.63) is 0 Å². The molecule has 0 aromatic heterocycles. The molecule has 1 aliphatic heterocycles. The highest BCUT2D eigenvalue weighted by Gasteiger charge is 2.48. The number of hydrogen-bond donors (Lipinski definition) is 2. The first-order valence-corrected chi connectivity index (χ1v) is 10.0. The van der Waals surface area contributed by atoms with Gasteiger partial charge in [-0.05, 0) is 56.3 Å². The molecule has 138 valence electrons. The minimum Gasteiger partial charge on any atom is -0.354 e. The molecule has 0 bridgehead atoms. The number of rotatable bonds is 5. The molecular formula is C19H33ClN2O2. The van der Waals surface area contributed by atoms with E-state index in [4.69, 9.17) is 11.6 Å². The predicted molar refractivity (Wildman–Crippen MR) is 98.0 cm³/mol. The summed E-state index contributed by atoms with van der Waals surface area (Å²) in [6.07, 6.45) is 7.27. The number of halogens is 1. The second-order valence-corrected chi connectivity index (χ2v) is 8.70. The molecule has 0 aromatic rings. The molecule has 2 aliphatic rings. The first-order valence-electron chi connectivity index (χ1n) is 9.49. The summed E-state index contributed by atoms with van der Waals surface area (Å²) >= 11 is 6.24.